The predicted octanol–water partition coefficient (Wildman–Crippen LogP) is 6.69. The van der Waals surface area contributed by atoms with Crippen LogP contribution in [0, 0.1) is 0 Å². The molecule has 86 heavy (non-hydrogen) atoms. The van der Waals surface area contributed by atoms with Gasteiger partial charge >= 0.3 is 0 Å². The standard InChI is InChI=1S/C60H104N4O18.2CH2O/c1-45(75-39-49(5)79-43-53(9)81-41-51(7)77-37-47(3)73-35-33-71-31-29-69-27-25-65)21-23-64(58-19-17-57(18-20-58)62-63-59(55(11)67)60(68)61-56-15-13-12-14-16-56)24-22-46(2)76-40-50(6)80-44-54(10)82-42-52(8)78-38-48(4)74-36-34-72-32-30-70-28-26-66;2*1-2/h12-20,45-54,59,65-66H,21-44H2,1-11H3,(H,61,68);2*1H2. The smallest absolute Gasteiger partial charge is 0.258 e. The third-order valence-corrected chi connectivity index (χ3v) is 12.2. The zero-order chi connectivity index (χ0) is 64.2. The van der Waals surface area contributed by atoms with Crippen molar-refractivity contribution >= 4 is 42.3 Å². The van der Waals surface area contributed by atoms with E-state index in [1.165, 1.54) is 6.92 Å². The van der Waals surface area contributed by atoms with Crippen molar-refractivity contribution in [2.75, 3.05) is 155 Å². The van der Waals surface area contributed by atoms with Crippen molar-refractivity contribution in [2.24, 2.45) is 10.2 Å². The van der Waals surface area contributed by atoms with E-state index in [0.717, 1.165) is 18.5 Å². The summed E-state index contributed by atoms with van der Waals surface area (Å²) >= 11 is 0. The summed E-state index contributed by atoms with van der Waals surface area (Å²) in [5.41, 5.74) is 2.03. The Morgan fingerprint density at radius 3 is 1.09 bits per heavy atom. The molecule has 2 aromatic carbocycles. The zero-order valence-electron chi connectivity index (χ0n) is 53.5. The van der Waals surface area contributed by atoms with Gasteiger partial charge in [-0.25, -0.2) is 0 Å². The van der Waals surface area contributed by atoms with Gasteiger partial charge in [0.2, 0.25) is 6.04 Å². The van der Waals surface area contributed by atoms with Crippen LogP contribution in [0.15, 0.2) is 64.8 Å². The highest BCUT2D eigenvalue weighted by Crippen LogP contribution is 2.23. The van der Waals surface area contributed by atoms with Crippen LogP contribution < -0.4 is 10.2 Å². The van der Waals surface area contributed by atoms with E-state index in [-0.39, 0.29) is 74.3 Å². The molecule has 11 atom stereocenters. The van der Waals surface area contributed by atoms with Crippen LogP contribution in [0.4, 0.5) is 17.1 Å². The van der Waals surface area contributed by atoms with Crippen molar-refractivity contribution in [2.45, 2.75) is 156 Å². The quantitative estimate of drug-likeness (QED) is 0.0353. The third kappa shape index (κ3) is 45.0. The van der Waals surface area contributed by atoms with Gasteiger partial charge in [0, 0.05) is 24.5 Å². The number of hydrogen-bond donors (Lipinski definition) is 3. The Kier molecular flexibility index (Phi) is 52.0. The molecule has 0 heterocycles. The van der Waals surface area contributed by atoms with E-state index in [0.29, 0.717) is 143 Å². The van der Waals surface area contributed by atoms with Crippen LogP contribution in [0.25, 0.3) is 0 Å². The molecule has 0 aliphatic carbocycles. The van der Waals surface area contributed by atoms with E-state index in [1.807, 2.05) is 99.3 Å². The second kappa shape index (κ2) is 54.8. The second-order valence-electron chi connectivity index (χ2n) is 20.6. The first-order valence-electron chi connectivity index (χ1n) is 29.9. The van der Waals surface area contributed by atoms with E-state index in [2.05, 4.69) is 34.3 Å². The summed E-state index contributed by atoms with van der Waals surface area (Å²) in [6.07, 6.45) is 0.303. The summed E-state index contributed by atoms with van der Waals surface area (Å²) in [4.78, 5) is 43.7. The number of azo groups is 1. The first-order chi connectivity index (χ1) is 41.5. The monoisotopic (exact) mass is 1230 g/mol. The minimum atomic E-state index is -1.29. The summed E-state index contributed by atoms with van der Waals surface area (Å²) in [6.45, 7) is 34.1. The molecule has 3 N–H and O–H groups in total. The molecule has 0 aliphatic rings. The molecule has 24 nitrogen and oxygen atoms in total. The lowest BCUT2D eigenvalue weighted by atomic mass is 10.2. The van der Waals surface area contributed by atoms with Crippen molar-refractivity contribution in [3.05, 3.63) is 54.6 Å². The van der Waals surface area contributed by atoms with E-state index < -0.39 is 17.7 Å². The minimum Gasteiger partial charge on any atom is -0.394 e. The minimum absolute atomic E-state index is 0.00117. The van der Waals surface area contributed by atoms with E-state index >= 15 is 0 Å². The van der Waals surface area contributed by atoms with Crippen molar-refractivity contribution in [1.82, 2.24) is 0 Å². The number of amides is 1. The number of nitrogens with zero attached hydrogens (tertiary/aromatic N) is 3. The number of carbonyl (C=O) groups excluding carboxylic acids is 4. The molecule has 2 aromatic rings. The lowest BCUT2D eigenvalue weighted by Gasteiger charge is -2.28. The molecular weight excluding hydrogens is 1120 g/mol. The molecule has 1 amide bonds. The molecule has 0 aromatic heterocycles. The summed E-state index contributed by atoms with van der Waals surface area (Å²) in [7, 11) is 0. The molecule has 0 spiro atoms. The molecule has 0 bridgehead atoms. The van der Waals surface area contributed by atoms with E-state index in [4.69, 9.17) is 86.1 Å². The molecule has 0 radical (unpaired) electrons. The van der Waals surface area contributed by atoms with Gasteiger partial charge in [-0.2, -0.15) is 10.2 Å². The van der Waals surface area contributed by atoms with Gasteiger partial charge in [0.1, 0.15) is 13.6 Å². The normalized spacial score (nSPS) is 15.4. The number of aliphatic hydroxyl groups is 2. The average molecular weight is 1230 g/mol. The summed E-state index contributed by atoms with van der Waals surface area (Å²) < 4.78 is 81.5. The van der Waals surface area contributed by atoms with Gasteiger partial charge in [0.15, 0.2) is 5.78 Å². The highest BCUT2D eigenvalue weighted by Gasteiger charge is 2.24. The molecule has 0 fully saturated rings. The number of Topliss-reactive ketones (excluding diaryl/α,β-unsaturated/α-hetero) is 1. The van der Waals surface area contributed by atoms with E-state index in [1.54, 1.807) is 24.3 Å². The van der Waals surface area contributed by atoms with Gasteiger partial charge in [-0.15, -0.1) is 0 Å². The molecule has 0 aliphatic heterocycles. The van der Waals surface area contributed by atoms with Gasteiger partial charge < -0.3 is 96.3 Å². The number of aliphatic hydroxyl groups excluding tert-OH is 2. The fourth-order valence-corrected chi connectivity index (χ4v) is 7.29. The highest BCUT2D eigenvalue weighted by molar-refractivity contribution is 6.10. The van der Waals surface area contributed by atoms with Gasteiger partial charge in [0.25, 0.3) is 5.91 Å². The van der Waals surface area contributed by atoms with Crippen LogP contribution in [-0.4, -0.2) is 248 Å². The maximum Gasteiger partial charge on any atom is 0.258 e. The molecule has 2 rings (SSSR count). The van der Waals surface area contributed by atoms with Crippen LogP contribution >= 0.6 is 0 Å². The van der Waals surface area contributed by atoms with Crippen molar-refractivity contribution in [3.63, 3.8) is 0 Å². The first-order valence-corrected chi connectivity index (χ1v) is 29.9. The Morgan fingerprint density at radius 2 is 0.756 bits per heavy atom. The number of nitrogens with one attached hydrogen (secondary N) is 1. The van der Waals surface area contributed by atoms with E-state index in [9.17, 15) is 9.59 Å². The Bertz CT molecular complexity index is 1850. The molecule has 0 saturated carbocycles. The topological polar surface area (TPSA) is 278 Å². The molecule has 496 valence electrons. The largest absolute Gasteiger partial charge is 0.394 e. The number of ketones is 1. The number of ether oxygens (including phenoxy) is 14. The van der Waals surface area contributed by atoms with Crippen LogP contribution in [-0.2, 0) is 85.5 Å². The van der Waals surface area contributed by atoms with Gasteiger partial charge in [-0.1, -0.05) is 18.2 Å². The van der Waals surface area contributed by atoms with Gasteiger partial charge in [-0.05, 0) is 125 Å². The van der Waals surface area contributed by atoms with Crippen LogP contribution in [0.5, 0.6) is 0 Å². The highest BCUT2D eigenvalue weighted by atomic mass is 16.6. The SMILES string of the molecule is C=O.C=O.CC(=O)C(N=Nc1ccc(N(CCC(C)OCC(C)OCC(C)OCC(C)OCC(C)OCCOCCOCCO)CCC(C)OCC(C)OCC(C)OCC(C)OCC(C)OCCOCCOCCO)cc1)C(=O)Nc1ccccc1. The lowest BCUT2D eigenvalue weighted by molar-refractivity contribution is -0.126. The molecule has 0 saturated heterocycles. The van der Waals surface area contributed by atoms with Gasteiger partial charge in [0.05, 0.1) is 199 Å². The summed E-state index contributed by atoms with van der Waals surface area (Å²) in [5, 5.41) is 28.7. The number of rotatable bonds is 54. The number of carbonyl (C=O) groups is 4. The maximum absolute atomic E-state index is 13.0. The number of anilines is 2. The summed E-state index contributed by atoms with van der Waals surface area (Å²) in [5.74, 6) is -0.971. The van der Waals surface area contributed by atoms with Crippen molar-refractivity contribution in [3.8, 4) is 0 Å². The van der Waals surface area contributed by atoms with Crippen molar-refractivity contribution < 1.29 is 95.7 Å². The fourth-order valence-electron chi connectivity index (χ4n) is 7.29. The lowest BCUT2D eigenvalue weighted by Crippen LogP contribution is -2.32. The molecular formula is C62H108N4O20. The van der Waals surface area contributed by atoms with Crippen LogP contribution in [0.1, 0.15) is 89.0 Å². The third-order valence-electron chi connectivity index (χ3n) is 12.2. The molecule has 24 heteroatoms. The number of hydrogen-bond acceptors (Lipinski definition) is 23. The fraction of sp³-hybridized carbons (Fsp3) is 0.742. The maximum atomic E-state index is 13.0. The number of benzene rings is 2. The summed E-state index contributed by atoms with van der Waals surface area (Å²) in [6, 6.07) is 15.2. The predicted molar refractivity (Wildman–Crippen MR) is 328 cm³/mol. The Labute approximate surface area is 512 Å². The zero-order valence-corrected chi connectivity index (χ0v) is 53.5. The average Bonchev–Trinajstić information content (AvgIpc) is 3.70. The Morgan fingerprint density at radius 1 is 0.442 bits per heavy atom. The Hall–Kier alpha value is -4.32. The van der Waals surface area contributed by atoms with Gasteiger partial charge in [-0.3, -0.25) is 9.59 Å². The first kappa shape index (κ1) is 81.7. The second-order valence-corrected chi connectivity index (χ2v) is 20.6. The van der Waals surface area contributed by atoms with Crippen LogP contribution in [0.2, 0.25) is 0 Å². The molecule has 11 unspecified atom stereocenters. The number of para-hydroxylation sites is 1. The Balaban J connectivity index is 0.0000177. The van der Waals surface area contributed by atoms with Crippen LogP contribution in [0.3, 0.4) is 0 Å². The van der Waals surface area contributed by atoms with Crippen molar-refractivity contribution in [1.29, 1.82) is 0 Å².